The van der Waals surface area contributed by atoms with Gasteiger partial charge < -0.3 is 16.2 Å². The monoisotopic (exact) mass is 284 g/mol. The quantitative estimate of drug-likeness (QED) is 0.717. The molecule has 1 fully saturated rings. The average Bonchev–Trinajstić information content (AvgIpc) is 2.15. The molecule has 1 aromatic carbocycles. The maximum atomic E-state index is 11.8. The fraction of sp³-hybridized carbons (Fsp3) is 0.364. The van der Waals surface area contributed by atoms with Gasteiger partial charge in [0.15, 0.2) is 0 Å². The number of nitrogens with two attached hydrogens (primary N) is 1. The van der Waals surface area contributed by atoms with Crippen molar-refractivity contribution in [1.82, 2.24) is 5.32 Å². The van der Waals surface area contributed by atoms with Crippen LogP contribution in [0.1, 0.15) is 23.2 Å². The molecule has 0 spiro atoms. The molecule has 0 heterocycles. The van der Waals surface area contributed by atoms with Crippen molar-refractivity contribution in [3.8, 4) is 0 Å². The van der Waals surface area contributed by atoms with Gasteiger partial charge in [-0.05, 0) is 31.0 Å². The lowest BCUT2D eigenvalue weighted by Gasteiger charge is -2.32. The molecule has 0 saturated heterocycles. The van der Waals surface area contributed by atoms with Gasteiger partial charge in [0.2, 0.25) is 0 Å². The van der Waals surface area contributed by atoms with E-state index in [1.165, 1.54) is 0 Å². The molecule has 1 aliphatic rings. The number of nitrogen functional groups attached to an aromatic ring is 1. The van der Waals surface area contributed by atoms with Crippen molar-refractivity contribution < 1.29 is 9.90 Å². The van der Waals surface area contributed by atoms with Gasteiger partial charge in [-0.3, -0.25) is 4.79 Å². The van der Waals surface area contributed by atoms with Crippen LogP contribution in [0.2, 0.25) is 0 Å². The molecule has 5 heteroatoms. The van der Waals surface area contributed by atoms with Crippen LogP contribution in [0.15, 0.2) is 22.7 Å². The number of benzene rings is 1. The van der Waals surface area contributed by atoms with E-state index < -0.39 is 0 Å². The third-order valence-corrected chi connectivity index (χ3v) is 3.20. The van der Waals surface area contributed by atoms with Crippen LogP contribution < -0.4 is 11.1 Å². The number of hydrogen-bond acceptors (Lipinski definition) is 3. The predicted molar refractivity (Wildman–Crippen MR) is 65.0 cm³/mol. The van der Waals surface area contributed by atoms with Crippen LogP contribution in [0.25, 0.3) is 0 Å². The van der Waals surface area contributed by atoms with Crippen molar-refractivity contribution in [3.05, 3.63) is 28.2 Å². The van der Waals surface area contributed by atoms with Crippen LogP contribution in [-0.2, 0) is 0 Å². The maximum absolute atomic E-state index is 11.8. The first-order chi connectivity index (χ1) is 7.56. The molecule has 1 saturated carbocycles. The molecule has 86 valence electrons. The summed E-state index contributed by atoms with van der Waals surface area (Å²) in [5.41, 5.74) is 6.67. The van der Waals surface area contributed by atoms with E-state index in [0.29, 0.717) is 24.1 Å². The van der Waals surface area contributed by atoms with Gasteiger partial charge in [-0.25, -0.2) is 0 Å². The van der Waals surface area contributed by atoms with Crippen molar-refractivity contribution >= 4 is 27.5 Å². The summed E-state index contributed by atoms with van der Waals surface area (Å²) in [4.78, 5) is 11.8. The van der Waals surface area contributed by atoms with Crippen LogP contribution in [0, 0.1) is 0 Å². The van der Waals surface area contributed by atoms with Crippen molar-refractivity contribution in [3.63, 3.8) is 0 Å². The van der Waals surface area contributed by atoms with Crippen LogP contribution in [0.5, 0.6) is 0 Å². The van der Waals surface area contributed by atoms with Crippen molar-refractivity contribution in [2.24, 2.45) is 0 Å². The number of amides is 1. The highest BCUT2D eigenvalue weighted by Gasteiger charge is 2.28. The Bertz CT molecular complexity index is 416. The van der Waals surface area contributed by atoms with Crippen LogP contribution in [0.3, 0.4) is 0 Å². The van der Waals surface area contributed by atoms with Crippen molar-refractivity contribution in [2.75, 3.05) is 5.73 Å². The highest BCUT2D eigenvalue weighted by atomic mass is 79.9. The Labute approximate surface area is 102 Å². The molecular formula is C11H13BrN2O2. The lowest BCUT2D eigenvalue weighted by atomic mass is 9.89. The predicted octanol–water partition coefficient (Wildman–Crippen LogP) is 1.28. The number of carbonyl (C=O) groups excluding carboxylic acids is 1. The summed E-state index contributed by atoms with van der Waals surface area (Å²) in [7, 11) is 0. The second kappa shape index (κ2) is 4.43. The minimum atomic E-state index is -0.271. The summed E-state index contributed by atoms with van der Waals surface area (Å²) >= 11 is 3.28. The van der Waals surface area contributed by atoms with Gasteiger partial charge in [-0.2, -0.15) is 0 Å². The Balaban J connectivity index is 2.03. The Morgan fingerprint density at radius 2 is 2.19 bits per heavy atom. The lowest BCUT2D eigenvalue weighted by Crippen LogP contribution is -2.46. The maximum Gasteiger partial charge on any atom is 0.253 e. The zero-order chi connectivity index (χ0) is 11.7. The molecule has 0 unspecified atom stereocenters. The second-order valence-corrected chi connectivity index (χ2v) is 4.94. The molecule has 0 radical (unpaired) electrons. The number of carbonyl (C=O) groups is 1. The molecule has 0 atom stereocenters. The largest absolute Gasteiger partial charge is 0.398 e. The van der Waals surface area contributed by atoms with Gasteiger partial charge in [0, 0.05) is 16.2 Å². The molecule has 16 heavy (non-hydrogen) atoms. The summed E-state index contributed by atoms with van der Waals surface area (Å²) < 4.78 is 0.848. The molecule has 4 N–H and O–H groups in total. The molecule has 4 nitrogen and oxygen atoms in total. The molecule has 1 aromatic rings. The molecule has 0 aromatic heterocycles. The highest BCUT2D eigenvalue weighted by Crippen LogP contribution is 2.22. The Hall–Kier alpha value is -1.07. The van der Waals surface area contributed by atoms with Gasteiger partial charge >= 0.3 is 0 Å². The fourth-order valence-electron chi connectivity index (χ4n) is 1.71. The van der Waals surface area contributed by atoms with Gasteiger partial charge in [-0.15, -0.1) is 0 Å². The van der Waals surface area contributed by atoms with Crippen molar-refractivity contribution in [2.45, 2.75) is 25.0 Å². The Kier molecular flexibility index (Phi) is 3.16. The zero-order valence-electron chi connectivity index (χ0n) is 8.61. The standard InChI is InChI=1S/C11H13BrN2O2/c12-6-1-2-9(10(13)3-6)11(16)14-7-4-8(15)5-7/h1-3,7-8,15H,4-5,13H2,(H,14,16). The number of hydrogen-bond donors (Lipinski definition) is 3. The number of anilines is 1. The first-order valence-corrected chi connectivity index (χ1v) is 5.89. The van der Waals surface area contributed by atoms with E-state index in [2.05, 4.69) is 21.2 Å². The first kappa shape index (κ1) is 11.4. The number of aliphatic hydroxyl groups excluding tert-OH is 1. The third kappa shape index (κ3) is 2.36. The average molecular weight is 285 g/mol. The summed E-state index contributed by atoms with van der Waals surface area (Å²) in [5.74, 6) is -0.179. The van der Waals surface area contributed by atoms with E-state index in [9.17, 15) is 4.79 Å². The normalized spacial score (nSPS) is 23.6. The first-order valence-electron chi connectivity index (χ1n) is 5.10. The molecule has 2 rings (SSSR count). The Morgan fingerprint density at radius 1 is 1.50 bits per heavy atom. The third-order valence-electron chi connectivity index (χ3n) is 2.71. The van der Waals surface area contributed by atoms with E-state index in [0.717, 1.165) is 4.47 Å². The van der Waals surface area contributed by atoms with E-state index in [4.69, 9.17) is 10.8 Å². The molecule has 1 aliphatic carbocycles. The molecule has 0 aliphatic heterocycles. The summed E-state index contributed by atoms with van der Waals surface area (Å²) in [6.07, 6.45) is 0.984. The SMILES string of the molecule is Nc1cc(Br)ccc1C(=O)NC1CC(O)C1. The number of halogens is 1. The van der Waals surface area contributed by atoms with Crippen LogP contribution in [-0.4, -0.2) is 23.2 Å². The van der Waals surface area contributed by atoms with Crippen LogP contribution in [0.4, 0.5) is 5.69 Å². The van der Waals surface area contributed by atoms with Gasteiger partial charge in [-0.1, -0.05) is 15.9 Å². The molecule has 1 amide bonds. The molecular weight excluding hydrogens is 272 g/mol. The minimum Gasteiger partial charge on any atom is -0.398 e. The summed E-state index contributed by atoms with van der Waals surface area (Å²) in [6.45, 7) is 0. The topological polar surface area (TPSA) is 75.4 Å². The van der Waals surface area contributed by atoms with E-state index in [1.54, 1.807) is 18.2 Å². The Morgan fingerprint density at radius 3 is 2.75 bits per heavy atom. The van der Waals surface area contributed by atoms with Crippen molar-refractivity contribution in [1.29, 1.82) is 0 Å². The summed E-state index contributed by atoms with van der Waals surface area (Å²) in [5, 5.41) is 11.9. The number of nitrogens with one attached hydrogen (secondary N) is 1. The second-order valence-electron chi connectivity index (χ2n) is 4.03. The van der Waals surface area contributed by atoms with E-state index in [-0.39, 0.29) is 18.1 Å². The van der Waals surface area contributed by atoms with Gasteiger partial charge in [0.25, 0.3) is 5.91 Å². The summed E-state index contributed by atoms with van der Waals surface area (Å²) in [6, 6.07) is 5.24. The number of rotatable bonds is 2. The number of aliphatic hydroxyl groups is 1. The fourth-order valence-corrected chi connectivity index (χ4v) is 2.09. The smallest absolute Gasteiger partial charge is 0.253 e. The van der Waals surface area contributed by atoms with Gasteiger partial charge in [0.05, 0.1) is 11.7 Å². The zero-order valence-corrected chi connectivity index (χ0v) is 10.2. The highest BCUT2D eigenvalue weighted by molar-refractivity contribution is 9.10. The minimum absolute atomic E-state index is 0.0746. The van der Waals surface area contributed by atoms with Crippen LogP contribution >= 0.6 is 15.9 Å². The van der Waals surface area contributed by atoms with E-state index in [1.807, 2.05) is 0 Å². The van der Waals surface area contributed by atoms with E-state index >= 15 is 0 Å². The lowest BCUT2D eigenvalue weighted by molar-refractivity contribution is 0.0563. The van der Waals surface area contributed by atoms with Gasteiger partial charge in [0.1, 0.15) is 0 Å². The molecule has 0 bridgehead atoms.